The van der Waals surface area contributed by atoms with E-state index in [-0.39, 0.29) is 25.1 Å². The van der Waals surface area contributed by atoms with Gasteiger partial charge in [-0.1, -0.05) is 41.4 Å². The van der Waals surface area contributed by atoms with Gasteiger partial charge in [-0.2, -0.15) is 0 Å². The van der Waals surface area contributed by atoms with Gasteiger partial charge in [0, 0.05) is 32.1 Å². The fraction of sp³-hybridized carbons (Fsp3) is 0.435. The van der Waals surface area contributed by atoms with Gasteiger partial charge in [0.2, 0.25) is 0 Å². The lowest BCUT2D eigenvalue weighted by Crippen LogP contribution is -2.35. The number of esters is 1. The molecule has 2 unspecified atom stereocenters. The number of para-hydroxylation sites is 1. The van der Waals surface area contributed by atoms with Crippen LogP contribution in [-0.4, -0.2) is 61.5 Å². The first-order valence-electron chi connectivity index (χ1n) is 10.2. The highest BCUT2D eigenvalue weighted by Gasteiger charge is 2.26. The highest BCUT2D eigenvalue weighted by atomic mass is 35.5. The van der Waals surface area contributed by atoms with Crippen LogP contribution in [0, 0.1) is 0 Å². The Labute approximate surface area is 192 Å². The monoisotopic (exact) mass is 467 g/mol. The smallest absolute Gasteiger partial charge is 0.305 e. The minimum atomic E-state index is -0.641. The Balaban J connectivity index is 1.44. The summed E-state index contributed by atoms with van der Waals surface area (Å²) in [6, 6.07) is 12.8. The molecule has 1 aliphatic rings. The zero-order valence-corrected chi connectivity index (χ0v) is 18.9. The average molecular weight is 468 g/mol. The van der Waals surface area contributed by atoms with Crippen molar-refractivity contribution >= 4 is 29.2 Å². The van der Waals surface area contributed by atoms with E-state index in [2.05, 4.69) is 4.90 Å². The van der Waals surface area contributed by atoms with Gasteiger partial charge in [-0.3, -0.25) is 9.69 Å². The van der Waals surface area contributed by atoms with Crippen molar-refractivity contribution in [3.63, 3.8) is 0 Å². The van der Waals surface area contributed by atoms with Crippen molar-refractivity contribution in [3.05, 3.63) is 58.1 Å². The second kappa shape index (κ2) is 11.6. The molecule has 1 N–H and O–H groups in total. The molecule has 0 spiro atoms. The summed E-state index contributed by atoms with van der Waals surface area (Å²) in [6.07, 6.45) is 1.07. The third-order valence-corrected chi connectivity index (χ3v) is 5.86. The van der Waals surface area contributed by atoms with Crippen LogP contribution in [0.15, 0.2) is 42.5 Å². The molecule has 168 valence electrons. The minimum Gasteiger partial charge on any atom is -0.491 e. The quantitative estimate of drug-likeness (QED) is 0.532. The number of halogens is 2. The summed E-state index contributed by atoms with van der Waals surface area (Å²) >= 11 is 12.0. The average Bonchev–Trinajstić information content (AvgIpc) is 3.20. The minimum absolute atomic E-state index is 0.0319. The highest BCUT2D eigenvalue weighted by molar-refractivity contribution is 6.42. The van der Waals surface area contributed by atoms with Crippen LogP contribution in [0.4, 0.5) is 0 Å². The molecule has 0 amide bonds. The van der Waals surface area contributed by atoms with Crippen molar-refractivity contribution in [1.29, 1.82) is 0 Å². The topological polar surface area (TPSA) is 68.2 Å². The molecule has 0 aromatic heterocycles. The Morgan fingerprint density at radius 3 is 2.81 bits per heavy atom. The predicted molar refractivity (Wildman–Crippen MR) is 120 cm³/mol. The Hall–Kier alpha value is -1.99. The maximum absolute atomic E-state index is 11.4. The number of hydrogen-bond donors (Lipinski definition) is 1. The molecule has 8 heteroatoms. The number of hydrogen-bond acceptors (Lipinski definition) is 6. The summed E-state index contributed by atoms with van der Waals surface area (Å²) in [7, 11) is 1.37. The van der Waals surface area contributed by atoms with E-state index >= 15 is 0 Å². The molecule has 2 aromatic rings. The van der Waals surface area contributed by atoms with E-state index < -0.39 is 6.10 Å². The SMILES string of the molecule is COC(=O)CCc1ccccc1OCC(O)CN1CCC(Oc2ccc(Cl)c(Cl)c2)C1. The molecular weight excluding hydrogens is 441 g/mol. The first-order valence-corrected chi connectivity index (χ1v) is 11.0. The number of aliphatic hydroxyl groups excluding tert-OH is 1. The molecule has 31 heavy (non-hydrogen) atoms. The van der Waals surface area contributed by atoms with Gasteiger partial charge in [-0.05, 0) is 36.6 Å². The standard InChI is InChI=1S/C23H27Cl2NO5/c1-29-23(28)9-6-16-4-2-3-5-22(16)30-15-17(27)13-26-11-10-19(14-26)31-18-7-8-20(24)21(25)12-18/h2-5,7-8,12,17,19,27H,6,9-11,13-15H2,1H3. The number of aryl methyl sites for hydroxylation is 1. The van der Waals surface area contributed by atoms with Gasteiger partial charge in [0.15, 0.2) is 0 Å². The maximum Gasteiger partial charge on any atom is 0.305 e. The third kappa shape index (κ3) is 7.28. The summed E-state index contributed by atoms with van der Waals surface area (Å²) in [4.78, 5) is 13.6. The van der Waals surface area contributed by atoms with Crippen LogP contribution in [0.1, 0.15) is 18.4 Å². The van der Waals surface area contributed by atoms with E-state index in [9.17, 15) is 9.90 Å². The number of methoxy groups -OCH3 is 1. The zero-order valence-electron chi connectivity index (χ0n) is 17.4. The van der Waals surface area contributed by atoms with Crippen LogP contribution in [0.2, 0.25) is 10.0 Å². The van der Waals surface area contributed by atoms with Crippen molar-refractivity contribution in [3.8, 4) is 11.5 Å². The molecule has 3 rings (SSSR count). The largest absolute Gasteiger partial charge is 0.491 e. The number of ether oxygens (including phenoxy) is 3. The number of likely N-dealkylation sites (tertiary alicyclic amines) is 1. The van der Waals surface area contributed by atoms with Gasteiger partial charge in [0.05, 0.1) is 17.2 Å². The molecule has 1 aliphatic heterocycles. The van der Waals surface area contributed by atoms with Gasteiger partial charge in [-0.25, -0.2) is 0 Å². The molecule has 1 saturated heterocycles. The Kier molecular flexibility index (Phi) is 8.84. The lowest BCUT2D eigenvalue weighted by molar-refractivity contribution is -0.140. The van der Waals surface area contributed by atoms with Gasteiger partial charge in [0.1, 0.15) is 30.3 Å². The summed E-state index contributed by atoms with van der Waals surface area (Å²) in [5.41, 5.74) is 0.913. The molecule has 0 radical (unpaired) electrons. The maximum atomic E-state index is 11.4. The van der Waals surface area contributed by atoms with Crippen molar-refractivity contribution in [2.75, 3.05) is 33.4 Å². The zero-order chi connectivity index (χ0) is 22.2. The second-order valence-corrected chi connectivity index (χ2v) is 8.33. The molecule has 1 fully saturated rings. The first kappa shape index (κ1) is 23.7. The van der Waals surface area contributed by atoms with Crippen molar-refractivity contribution < 1.29 is 24.1 Å². The number of carbonyl (C=O) groups excluding carboxylic acids is 1. The fourth-order valence-electron chi connectivity index (χ4n) is 3.53. The molecule has 1 heterocycles. The number of rotatable bonds is 10. The van der Waals surface area contributed by atoms with Crippen LogP contribution >= 0.6 is 23.2 Å². The van der Waals surface area contributed by atoms with E-state index in [1.807, 2.05) is 24.3 Å². The Bertz CT molecular complexity index is 879. The highest BCUT2D eigenvalue weighted by Crippen LogP contribution is 2.28. The first-order chi connectivity index (χ1) is 14.9. The lowest BCUT2D eigenvalue weighted by atomic mass is 10.1. The number of carbonyl (C=O) groups is 1. The van der Waals surface area contributed by atoms with Crippen molar-refractivity contribution in [1.82, 2.24) is 4.90 Å². The number of aliphatic hydroxyl groups is 1. The van der Waals surface area contributed by atoms with E-state index in [0.29, 0.717) is 41.1 Å². The Morgan fingerprint density at radius 2 is 2.03 bits per heavy atom. The summed E-state index contributed by atoms with van der Waals surface area (Å²) in [5, 5.41) is 11.4. The van der Waals surface area contributed by atoms with E-state index in [4.69, 9.17) is 37.4 Å². The van der Waals surface area contributed by atoms with Crippen molar-refractivity contribution in [2.45, 2.75) is 31.5 Å². The van der Waals surface area contributed by atoms with E-state index in [1.165, 1.54) is 7.11 Å². The summed E-state index contributed by atoms with van der Waals surface area (Å²) in [6.45, 7) is 2.21. The van der Waals surface area contributed by atoms with Crippen LogP contribution in [-0.2, 0) is 16.0 Å². The molecule has 0 bridgehead atoms. The van der Waals surface area contributed by atoms with Crippen molar-refractivity contribution in [2.24, 2.45) is 0 Å². The van der Waals surface area contributed by atoms with Gasteiger partial charge in [-0.15, -0.1) is 0 Å². The van der Waals surface area contributed by atoms with Gasteiger partial charge in [0.25, 0.3) is 0 Å². The molecule has 2 aromatic carbocycles. The van der Waals surface area contributed by atoms with Gasteiger partial charge >= 0.3 is 5.97 Å². The third-order valence-electron chi connectivity index (χ3n) is 5.12. The van der Waals surface area contributed by atoms with Crippen LogP contribution in [0.3, 0.4) is 0 Å². The van der Waals surface area contributed by atoms with Gasteiger partial charge < -0.3 is 19.3 Å². The summed E-state index contributed by atoms with van der Waals surface area (Å²) in [5.74, 6) is 1.10. The fourth-order valence-corrected chi connectivity index (χ4v) is 3.82. The molecular formula is C23H27Cl2NO5. The summed E-state index contributed by atoms with van der Waals surface area (Å²) < 4.78 is 16.5. The predicted octanol–water partition coefficient (Wildman–Crippen LogP) is 3.99. The van der Waals surface area contributed by atoms with Crippen LogP contribution < -0.4 is 9.47 Å². The van der Waals surface area contributed by atoms with Crippen LogP contribution in [0.25, 0.3) is 0 Å². The van der Waals surface area contributed by atoms with E-state index in [1.54, 1.807) is 18.2 Å². The molecule has 6 nitrogen and oxygen atoms in total. The molecule has 2 atom stereocenters. The second-order valence-electron chi connectivity index (χ2n) is 7.51. The number of nitrogens with zero attached hydrogens (tertiary/aromatic N) is 1. The molecule has 0 aliphatic carbocycles. The lowest BCUT2D eigenvalue weighted by Gasteiger charge is -2.21. The molecule has 0 saturated carbocycles. The number of benzene rings is 2. The van der Waals surface area contributed by atoms with E-state index in [0.717, 1.165) is 18.5 Å². The Morgan fingerprint density at radius 1 is 1.23 bits per heavy atom. The van der Waals surface area contributed by atoms with Crippen LogP contribution in [0.5, 0.6) is 11.5 Å². The normalized spacial score (nSPS) is 17.4. The number of β-amino-alcohol motifs (C(OH)–C–C–N with tert-alkyl or cyclic N) is 1.